The Kier molecular flexibility index (Phi) is 6.41. The quantitative estimate of drug-likeness (QED) is 0.579. The number of sulfonamides is 1. The molecule has 3 rings (SSSR count). The van der Waals surface area contributed by atoms with E-state index in [1.54, 1.807) is 54.6 Å². The van der Waals surface area contributed by atoms with Gasteiger partial charge in [-0.25, -0.2) is 12.8 Å². The third-order valence-electron chi connectivity index (χ3n) is 4.04. The number of hydrogen-bond donors (Lipinski definition) is 2. The van der Waals surface area contributed by atoms with Gasteiger partial charge < -0.3 is 5.32 Å². The zero-order valence-electron chi connectivity index (χ0n) is 15.4. The lowest BCUT2D eigenvalue weighted by molar-refractivity contribution is -0.116. The van der Waals surface area contributed by atoms with Gasteiger partial charge in [-0.15, -0.1) is 0 Å². The molecule has 0 saturated carbocycles. The van der Waals surface area contributed by atoms with Crippen LogP contribution >= 0.6 is 0 Å². The minimum absolute atomic E-state index is 0.125. The molecular formula is C22H19FN2O3S. The zero-order valence-corrected chi connectivity index (χ0v) is 16.2. The third-order valence-corrected chi connectivity index (χ3v) is 5.43. The molecule has 0 bridgehead atoms. The predicted octanol–water partition coefficient (Wildman–Crippen LogP) is 3.96. The van der Waals surface area contributed by atoms with Gasteiger partial charge in [0.25, 0.3) is 10.0 Å². The van der Waals surface area contributed by atoms with Crippen molar-refractivity contribution in [1.82, 2.24) is 5.32 Å². The van der Waals surface area contributed by atoms with E-state index in [2.05, 4.69) is 10.0 Å². The zero-order chi connectivity index (χ0) is 20.7. The molecule has 0 heterocycles. The molecule has 7 heteroatoms. The average molecular weight is 410 g/mol. The van der Waals surface area contributed by atoms with E-state index < -0.39 is 10.0 Å². The Labute approximate surface area is 169 Å². The molecule has 1 amide bonds. The van der Waals surface area contributed by atoms with Gasteiger partial charge >= 0.3 is 0 Å². The first-order chi connectivity index (χ1) is 13.9. The van der Waals surface area contributed by atoms with Gasteiger partial charge in [0, 0.05) is 12.6 Å². The van der Waals surface area contributed by atoms with Crippen LogP contribution in [0.5, 0.6) is 0 Å². The standard InChI is InChI=1S/C22H19FN2O3S/c23-19-9-6-7-17(15-19)13-14-22(26)24-16-18-8-4-5-12-21(18)25-29(27,28)20-10-2-1-3-11-20/h1-15,25H,16H2,(H,24,26)/b14-13+. The van der Waals surface area contributed by atoms with Crippen molar-refractivity contribution in [3.05, 3.63) is 102 Å². The summed E-state index contributed by atoms with van der Waals surface area (Å²) in [6.45, 7) is 0.125. The summed E-state index contributed by atoms with van der Waals surface area (Å²) in [4.78, 5) is 12.2. The first kappa shape index (κ1) is 20.3. The predicted molar refractivity (Wildman–Crippen MR) is 111 cm³/mol. The Morgan fingerprint density at radius 1 is 0.931 bits per heavy atom. The van der Waals surface area contributed by atoms with Crippen LogP contribution in [0.25, 0.3) is 6.08 Å². The van der Waals surface area contributed by atoms with Crippen molar-refractivity contribution >= 4 is 27.7 Å². The van der Waals surface area contributed by atoms with Crippen molar-refractivity contribution in [2.45, 2.75) is 11.4 Å². The largest absolute Gasteiger partial charge is 0.348 e. The van der Waals surface area contributed by atoms with E-state index in [1.165, 1.54) is 36.4 Å². The second-order valence-electron chi connectivity index (χ2n) is 6.18. The van der Waals surface area contributed by atoms with Crippen LogP contribution in [0, 0.1) is 5.82 Å². The number of amides is 1. The van der Waals surface area contributed by atoms with Gasteiger partial charge in [0.15, 0.2) is 0 Å². The number of hydrogen-bond acceptors (Lipinski definition) is 3. The number of anilines is 1. The molecule has 0 fully saturated rings. The maximum atomic E-state index is 13.2. The van der Waals surface area contributed by atoms with Gasteiger partial charge in [-0.2, -0.15) is 0 Å². The summed E-state index contributed by atoms with van der Waals surface area (Å²) >= 11 is 0. The molecule has 29 heavy (non-hydrogen) atoms. The van der Waals surface area contributed by atoms with E-state index in [1.807, 2.05) is 0 Å². The SMILES string of the molecule is O=C(/C=C/c1cccc(F)c1)NCc1ccccc1NS(=O)(=O)c1ccccc1. The Hall–Kier alpha value is -3.45. The van der Waals surface area contributed by atoms with E-state index in [0.29, 0.717) is 16.8 Å². The van der Waals surface area contributed by atoms with Crippen molar-refractivity contribution in [2.24, 2.45) is 0 Å². The molecule has 0 aliphatic carbocycles. The summed E-state index contributed by atoms with van der Waals surface area (Å²) in [5.74, 6) is -0.762. The van der Waals surface area contributed by atoms with Crippen molar-refractivity contribution in [3.8, 4) is 0 Å². The second kappa shape index (κ2) is 9.16. The lowest BCUT2D eigenvalue weighted by Gasteiger charge is -2.13. The van der Waals surface area contributed by atoms with Crippen LogP contribution in [-0.2, 0) is 21.4 Å². The van der Waals surface area contributed by atoms with Gasteiger partial charge in [-0.1, -0.05) is 48.5 Å². The smallest absolute Gasteiger partial charge is 0.261 e. The van der Waals surface area contributed by atoms with E-state index in [0.717, 1.165) is 0 Å². The highest BCUT2D eigenvalue weighted by molar-refractivity contribution is 7.92. The second-order valence-corrected chi connectivity index (χ2v) is 7.86. The maximum absolute atomic E-state index is 13.2. The average Bonchev–Trinajstić information content (AvgIpc) is 2.72. The number of nitrogens with one attached hydrogen (secondary N) is 2. The Morgan fingerprint density at radius 2 is 1.66 bits per heavy atom. The van der Waals surface area contributed by atoms with Crippen molar-refractivity contribution < 1.29 is 17.6 Å². The summed E-state index contributed by atoms with van der Waals surface area (Å²) in [5, 5.41) is 2.70. The number of para-hydroxylation sites is 1. The van der Waals surface area contributed by atoms with Crippen LogP contribution in [0.15, 0.2) is 89.8 Å². The fourth-order valence-electron chi connectivity index (χ4n) is 2.60. The number of carbonyl (C=O) groups is 1. The van der Waals surface area contributed by atoms with Gasteiger partial charge in [-0.05, 0) is 47.5 Å². The molecular weight excluding hydrogens is 391 g/mol. The molecule has 148 valence electrons. The Balaban J connectivity index is 1.67. The van der Waals surface area contributed by atoms with Crippen molar-refractivity contribution in [3.63, 3.8) is 0 Å². The maximum Gasteiger partial charge on any atom is 0.261 e. The first-order valence-electron chi connectivity index (χ1n) is 8.81. The van der Waals surface area contributed by atoms with Crippen LogP contribution in [0.2, 0.25) is 0 Å². The van der Waals surface area contributed by atoms with E-state index in [9.17, 15) is 17.6 Å². The molecule has 0 saturated heterocycles. The van der Waals surface area contributed by atoms with Gasteiger partial charge in [0.2, 0.25) is 5.91 Å². The van der Waals surface area contributed by atoms with Crippen LogP contribution < -0.4 is 10.0 Å². The lowest BCUT2D eigenvalue weighted by atomic mass is 10.2. The van der Waals surface area contributed by atoms with Crippen molar-refractivity contribution in [1.29, 1.82) is 0 Å². The molecule has 3 aromatic rings. The molecule has 3 aromatic carbocycles. The van der Waals surface area contributed by atoms with E-state index >= 15 is 0 Å². The Bertz CT molecular complexity index is 1130. The van der Waals surface area contributed by atoms with Gasteiger partial charge in [0.05, 0.1) is 10.6 Å². The number of carbonyl (C=O) groups excluding carboxylic acids is 1. The van der Waals surface area contributed by atoms with Gasteiger partial charge in [0.1, 0.15) is 5.82 Å². The minimum atomic E-state index is -3.74. The summed E-state index contributed by atoms with van der Waals surface area (Å²) in [7, 11) is -3.74. The molecule has 0 spiro atoms. The Morgan fingerprint density at radius 3 is 2.41 bits per heavy atom. The molecule has 0 radical (unpaired) electrons. The topological polar surface area (TPSA) is 75.3 Å². The van der Waals surface area contributed by atoms with Crippen molar-refractivity contribution in [2.75, 3.05) is 4.72 Å². The highest BCUT2D eigenvalue weighted by Crippen LogP contribution is 2.20. The summed E-state index contributed by atoms with van der Waals surface area (Å²) in [6, 6.07) is 20.7. The third kappa shape index (κ3) is 5.76. The molecule has 0 aromatic heterocycles. The van der Waals surface area contributed by atoms with E-state index in [4.69, 9.17) is 0 Å². The lowest BCUT2D eigenvalue weighted by Crippen LogP contribution is -2.22. The normalized spacial score (nSPS) is 11.3. The van der Waals surface area contributed by atoms with Crippen LogP contribution in [0.4, 0.5) is 10.1 Å². The fraction of sp³-hybridized carbons (Fsp3) is 0.0455. The number of rotatable bonds is 7. The van der Waals surface area contributed by atoms with E-state index in [-0.39, 0.29) is 23.2 Å². The summed E-state index contributed by atoms with van der Waals surface area (Å²) < 4.78 is 40.8. The molecule has 0 unspecified atom stereocenters. The molecule has 0 atom stereocenters. The fourth-order valence-corrected chi connectivity index (χ4v) is 3.72. The van der Waals surface area contributed by atoms with Crippen LogP contribution in [0.3, 0.4) is 0 Å². The molecule has 0 aliphatic heterocycles. The molecule has 0 aliphatic rings. The van der Waals surface area contributed by atoms with Crippen LogP contribution in [0.1, 0.15) is 11.1 Å². The summed E-state index contributed by atoms with van der Waals surface area (Å²) in [5.41, 5.74) is 1.56. The number of benzene rings is 3. The molecule has 2 N–H and O–H groups in total. The monoisotopic (exact) mass is 410 g/mol. The minimum Gasteiger partial charge on any atom is -0.348 e. The number of halogens is 1. The highest BCUT2D eigenvalue weighted by atomic mass is 32.2. The summed E-state index contributed by atoms with van der Waals surface area (Å²) in [6.07, 6.45) is 2.80. The highest BCUT2D eigenvalue weighted by Gasteiger charge is 2.15. The van der Waals surface area contributed by atoms with Gasteiger partial charge in [-0.3, -0.25) is 9.52 Å². The first-order valence-corrected chi connectivity index (χ1v) is 10.3. The molecule has 5 nitrogen and oxygen atoms in total. The van der Waals surface area contributed by atoms with Crippen LogP contribution in [-0.4, -0.2) is 14.3 Å².